The molecule has 29 heavy (non-hydrogen) atoms. The van der Waals surface area contributed by atoms with E-state index in [4.69, 9.17) is 0 Å². The average Bonchev–Trinajstić information content (AvgIpc) is 3.35. The molecule has 0 amide bonds. The zero-order valence-corrected chi connectivity index (χ0v) is 18.3. The van der Waals surface area contributed by atoms with Crippen LogP contribution in [0.25, 0.3) is 11.4 Å². The summed E-state index contributed by atoms with van der Waals surface area (Å²) in [5.74, 6) is 0. The van der Waals surface area contributed by atoms with Gasteiger partial charge in [0.05, 0.1) is 0 Å². The van der Waals surface area contributed by atoms with Gasteiger partial charge in [0, 0.05) is 13.1 Å². The van der Waals surface area contributed by atoms with E-state index in [0.717, 1.165) is 25.9 Å². The number of nitrogens with zero attached hydrogens (tertiary/aromatic N) is 4. The maximum atomic E-state index is 3.30. The molecule has 3 aliphatic heterocycles. The van der Waals surface area contributed by atoms with E-state index >= 15 is 0 Å². The van der Waals surface area contributed by atoms with Crippen LogP contribution in [-0.2, 0) is 47.0 Å². The van der Waals surface area contributed by atoms with E-state index in [1.807, 2.05) is 24.3 Å². The van der Waals surface area contributed by atoms with Gasteiger partial charge in [-0.15, -0.1) is 24.5 Å². The van der Waals surface area contributed by atoms with Crippen molar-refractivity contribution in [3.05, 3.63) is 109 Å². The second kappa shape index (κ2) is 8.75. The first-order valence-electron chi connectivity index (χ1n) is 9.68. The molecule has 0 aliphatic carbocycles. The summed E-state index contributed by atoms with van der Waals surface area (Å²) in [5.41, 5.74) is 4.85. The quantitative estimate of drug-likeness (QED) is 0.274. The van der Waals surface area contributed by atoms with Crippen molar-refractivity contribution in [2.45, 2.75) is 25.9 Å². The Bertz CT molecular complexity index is 1020. The number of hydrogen-bond donors (Lipinski definition) is 0. The Kier molecular flexibility index (Phi) is 5.91. The summed E-state index contributed by atoms with van der Waals surface area (Å²) < 4.78 is 8.90. The van der Waals surface area contributed by atoms with Crippen LogP contribution in [0.1, 0.15) is 11.1 Å². The summed E-state index contributed by atoms with van der Waals surface area (Å²) >= 11 is 0. The minimum absolute atomic E-state index is 0. The van der Waals surface area contributed by atoms with E-state index in [1.165, 1.54) is 22.5 Å². The van der Waals surface area contributed by atoms with Crippen LogP contribution in [0.15, 0.2) is 85.7 Å². The number of benzene rings is 2. The maximum absolute atomic E-state index is 3.30. The largest absolute Gasteiger partial charge is 4.00 e. The Balaban J connectivity index is 0.00000205. The smallest absolute Gasteiger partial charge is 0.452 e. The molecule has 0 unspecified atom stereocenters. The summed E-state index contributed by atoms with van der Waals surface area (Å²) in [6, 6.07) is 27.3. The van der Waals surface area contributed by atoms with Crippen LogP contribution in [0, 0.1) is 12.1 Å². The minimum atomic E-state index is 0. The fraction of sp³-hybridized carbons (Fsp3) is 0.167. The minimum Gasteiger partial charge on any atom is -0.452 e. The Morgan fingerprint density at radius 1 is 0.655 bits per heavy atom. The van der Waals surface area contributed by atoms with E-state index in [2.05, 4.69) is 92.1 Å². The van der Waals surface area contributed by atoms with Gasteiger partial charge in [-0.05, 0) is 25.5 Å². The normalized spacial score (nSPS) is 11.0. The number of imidazole rings is 2. The van der Waals surface area contributed by atoms with Crippen LogP contribution in [0.4, 0.5) is 0 Å². The molecule has 2 aromatic rings. The van der Waals surface area contributed by atoms with Crippen molar-refractivity contribution in [1.29, 1.82) is 0 Å². The molecule has 148 valence electrons. The molecule has 4 nitrogen and oxygen atoms in total. The molecule has 2 aromatic carbocycles. The summed E-state index contributed by atoms with van der Waals surface area (Å²) in [5, 5.41) is 0. The van der Waals surface area contributed by atoms with E-state index in [0.29, 0.717) is 0 Å². The van der Waals surface area contributed by atoms with Crippen molar-refractivity contribution in [3.8, 4) is 11.4 Å². The molecule has 0 saturated heterocycles. The molecule has 0 N–H and O–H groups in total. The molecule has 0 bridgehead atoms. The number of fused-ring (bicyclic) bond motifs is 3. The number of hydrogen-bond acceptors (Lipinski definition) is 0. The first-order chi connectivity index (χ1) is 13.8. The van der Waals surface area contributed by atoms with Crippen LogP contribution >= 0.6 is 0 Å². The summed E-state index contributed by atoms with van der Waals surface area (Å²) in [4.78, 5) is 0. The van der Waals surface area contributed by atoms with Crippen LogP contribution < -0.4 is 0 Å². The third kappa shape index (κ3) is 4.33. The third-order valence-electron chi connectivity index (χ3n) is 5.12. The summed E-state index contributed by atoms with van der Waals surface area (Å²) in [6.07, 6.45) is 10.7. The van der Waals surface area contributed by atoms with Gasteiger partial charge in [-0.1, -0.05) is 11.4 Å². The van der Waals surface area contributed by atoms with Gasteiger partial charge in [-0.3, -0.25) is 0 Å². The predicted octanol–water partition coefficient (Wildman–Crippen LogP) is 4.39. The number of rotatable bonds is 6. The molecule has 0 radical (unpaired) electrons. The topological polar surface area (TPSA) is 19.7 Å². The van der Waals surface area contributed by atoms with Crippen LogP contribution in [0.5, 0.6) is 0 Å². The van der Waals surface area contributed by atoms with Crippen LogP contribution in [-0.4, -0.2) is 18.5 Å². The molecule has 5 rings (SSSR count). The van der Waals surface area contributed by atoms with Crippen LogP contribution in [0.2, 0.25) is 0 Å². The van der Waals surface area contributed by atoms with Gasteiger partial charge in [-0.25, -0.2) is 0 Å². The van der Waals surface area contributed by atoms with E-state index in [-0.39, 0.29) is 21.1 Å². The number of aromatic nitrogens is 4. The van der Waals surface area contributed by atoms with Crippen molar-refractivity contribution in [2.24, 2.45) is 0 Å². The Morgan fingerprint density at radius 3 is 1.55 bits per heavy atom. The predicted molar refractivity (Wildman–Crippen MR) is 110 cm³/mol. The molecule has 3 heterocycles. The third-order valence-corrected chi connectivity index (χ3v) is 5.12. The van der Waals surface area contributed by atoms with Gasteiger partial charge in [0.1, 0.15) is 0 Å². The van der Waals surface area contributed by atoms with E-state index in [1.54, 1.807) is 0 Å². The fourth-order valence-corrected chi connectivity index (χ4v) is 3.62. The second-order valence-corrected chi connectivity index (χ2v) is 7.11. The Morgan fingerprint density at radius 2 is 1.14 bits per heavy atom. The van der Waals surface area contributed by atoms with Gasteiger partial charge < -0.3 is 18.5 Å². The molecule has 0 spiro atoms. The number of aryl methyl sites for hydroxylation is 4. The first kappa shape index (κ1) is 19.6. The van der Waals surface area contributed by atoms with Crippen molar-refractivity contribution < 1.29 is 21.1 Å². The Labute approximate surface area is 185 Å². The van der Waals surface area contributed by atoms with Crippen molar-refractivity contribution in [1.82, 2.24) is 18.5 Å². The zero-order valence-electron chi connectivity index (χ0n) is 16.0. The zero-order chi connectivity index (χ0) is 18.8. The standard InChI is InChI=1S/C24H22N4.Pt/c1-3-7-21(8-4-1)13-15-25-17-23-11-12-24-18-26(20-28(24)27(23)19-25)16-14-22-9-5-2-6-10-22;/h1-7,9,11-12,17-20H,13-16H2;/q-4;+4. The molecular weight excluding hydrogens is 539 g/mol. The summed E-state index contributed by atoms with van der Waals surface area (Å²) in [7, 11) is 0. The molecular formula is C24H22N4Pt. The van der Waals surface area contributed by atoms with Gasteiger partial charge in [-0.2, -0.15) is 71.8 Å². The van der Waals surface area contributed by atoms with Gasteiger partial charge in [0.25, 0.3) is 0 Å². The molecule has 0 fully saturated rings. The monoisotopic (exact) mass is 561 g/mol. The Hall–Kier alpha value is -2.71. The van der Waals surface area contributed by atoms with E-state index < -0.39 is 0 Å². The molecule has 0 aromatic heterocycles. The van der Waals surface area contributed by atoms with Crippen molar-refractivity contribution >= 4 is 0 Å². The van der Waals surface area contributed by atoms with Gasteiger partial charge >= 0.3 is 21.1 Å². The first-order valence-corrected chi connectivity index (χ1v) is 9.68. The second-order valence-electron chi connectivity index (χ2n) is 7.11. The molecule has 5 heteroatoms. The van der Waals surface area contributed by atoms with Gasteiger partial charge in [0.2, 0.25) is 0 Å². The van der Waals surface area contributed by atoms with E-state index in [9.17, 15) is 0 Å². The average molecular weight is 562 g/mol. The molecule has 3 aliphatic rings. The summed E-state index contributed by atoms with van der Waals surface area (Å²) in [6.45, 7) is 1.88. The fourth-order valence-electron chi connectivity index (χ4n) is 3.62. The molecule has 0 saturated carbocycles. The van der Waals surface area contributed by atoms with Gasteiger partial charge in [0.15, 0.2) is 0 Å². The van der Waals surface area contributed by atoms with Crippen LogP contribution in [0.3, 0.4) is 0 Å². The molecule has 0 atom stereocenters. The maximum Gasteiger partial charge on any atom is 4.00 e. The van der Waals surface area contributed by atoms with Crippen molar-refractivity contribution in [3.63, 3.8) is 0 Å². The van der Waals surface area contributed by atoms with Crippen molar-refractivity contribution in [2.75, 3.05) is 0 Å². The SMILES string of the molecule is [Pt+4].[c-]1ccccc1CCn1cc2ccc3cn(CCc4[c-]cccc4)[cH-]n-3n-2[cH-]1.